The highest BCUT2D eigenvalue weighted by Crippen LogP contribution is 2.27. The number of rotatable bonds is 9. The third-order valence-corrected chi connectivity index (χ3v) is 6.05. The molecule has 1 amide bonds. The fraction of sp³-hybridized carbons (Fsp3) is 0.300. The molecule has 0 aliphatic heterocycles. The van der Waals surface area contributed by atoms with Crippen molar-refractivity contribution in [2.24, 2.45) is 0 Å². The SMILES string of the molecule is O=C(O)CCNC(=O)COc1ccc2c(c1)CC(NS(=O)(=O)c1ccccc1)C2. The number of ether oxygens (including phenoxy) is 1. The van der Waals surface area contributed by atoms with Crippen molar-refractivity contribution in [2.45, 2.75) is 30.2 Å². The van der Waals surface area contributed by atoms with Crippen LogP contribution in [0.2, 0.25) is 0 Å². The van der Waals surface area contributed by atoms with Crippen LogP contribution >= 0.6 is 0 Å². The smallest absolute Gasteiger partial charge is 0.305 e. The molecule has 3 rings (SSSR count). The summed E-state index contributed by atoms with van der Waals surface area (Å²) in [5, 5.41) is 11.0. The molecule has 0 saturated heterocycles. The lowest BCUT2D eigenvalue weighted by atomic mass is 10.1. The highest BCUT2D eigenvalue weighted by atomic mass is 32.2. The zero-order valence-electron chi connectivity index (χ0n) is 15.6. The average Bonchev–Trinajstić information content (AvgIpc) is 3.07. The average molecular weight is 418 g/mol. The summed E-state index contributed by atoms with van der Waals surface area (Å²) in [6.07, 6.45) is 0.964. The Bertz CT molecular complexity index is 991. The van der Waals surface area contributed by atoms with Crippen LogP contribution in [0.15, 0.2) is 53.4 Å². The first kappa shape index (κ1) is 20.8. The minimum Gasteiger partial charge on any atom is -0.484 e. The van der Waals surface area contributed by atoms with Gasteiger partial charge in [-0.1, -0.05) is 24.3 Å². The van der Waals surface area contributed by atoms with E-state index < -0.39 is 21.9 Å². The molecule has 2 aromatic carbocycles. The van der Waals surface area contributed by atoms with Gasteiger partial charge in [-0.2, -0.15) is 0 Å². The number of carboxylic acids is 1. The van der Waals surface area contributed by atoms with Crippen molar-refractivity contribution in [3.05, 3.63) is 59.7 Å². The summed E-state index contributed by atoms with van der Waals surface area (Å²) in [4.78, 5) is 22.3. The molecule has 29 heavy (non-hydrogen) atoms. The highest BCUT2D eigenvalue weighted by molar-refractivity contribution is 7.89. The molecular weight excluding hydrogens is 396 g/mol. The molecule has 3 N–H and O–H groups in total. The molecule has 0 fully saturated rings. The lowest BCUT2D eigenvalue weighted by molar-refractivity contribution is -0.137. The lowest BCUT2D eigenvalue weighted by Crippen LogP contribution is -2.35. The Morgan fingerprint density at radius 2 is 1.79 bits per heavy atom. The second-order valence-corrected chi connectivity index (χ2v) is 8.47. The van der Waals surface area contributed by atoms with E-state index >= 15 is 0 Å². The summed E-state index contributed by atoms with van der Waals surface area (Å²) in [6.45, 7) is -0.173. The van der Waals surface area contributed by atoms with Crippen LogP contribution in [0.25, 0.3) is 0 Å². The van der Waals surface area contributed by atoms with Crippen molar-refractivity contribution >= 4 is 21.9 Å². The number of aliphatic carboxylic acids is 1. The van der Waals surface area contributed by atoms with E-state index in [-0.39, 0.29) is 30.5 Å². The molecule has 1 aliphatic carbocycles. The van der Waals surface area contributed by atoms with Crippen molar-refractivity contribution in [2.75, 3.05) is 13.2 Å². The summed E-state index contributed by atoms with van der Waals surface area (Å²) < 4.78 is 33.2. The number of carbonyl (C=O) groups is 2. The van der Waals surface area contributed by atoms with Gasteiger partial charge in [0.1, 0.15) is 5.75 Å². The number of benzene rings is 2. The maximum absolute atomic E-state index is 12.5. The Morgan fingerprint density at radius 1 is 1.07 bits per heavy atom. The van der Waals surface area contributed by atoms with Gasteiger partial charge in [0.05, 0.1) is 11.3 Å². The summed E-state index contributed by atoms with van der Waals surface area (Å²) >= 11 is 0. The second kappa shape index (κ2) is 9.06. The number of nitrogens with one attached hydrogen (secondary N) is 2. The number of fused-ring (bicyclic) bond motifs is 1. The van der Waals surface area contributed by atoms with Crippen LogP contribution in [0.1, 0.15) is 17.5 Å². The molecule has 0 spiro atoms. The first-order valence-corrected chi connectivity index (χ1v) is 10.6. The summed E-state index contributed by atoms with van der Waals surface area (Å²) in [5.41, 5.74) is 2.00. The van der Waals surface area contributed by atoms with E-state index in [1.165, 1.54) is 0 Å². The van der Waals surface area contributed by atoms with Crippen LogP contribution in [-0.2, 0) is 32.5 Å². The fourth-order valence-corrected chi connectivity index (χ4v) is 4.42. The van der Waals surface area contributed by atoms with Crippen LogP contribution < -0.4 is 14.8 Å². The maximum Gasteiger partial charge on any atom is 0.305 e. The Labute approximate surface area is 168 Å². The molecule has 1 unspecified atom stereocenters. The van der Waals surface area contributed by atoms with Gasteiger partial charge in [0, 0.05) is 12.6 Å². The van der Waals surface area contributed by atoms with Crippen LogP contribution in [-0.4, -0.2) is 44.6 Å². The number of amides is 1. The number of hydrogen-bond donors (Lipinski definition) is 3. The normalized spacial score (nSPS) is 15.5. The summed E-state index contributed by atoms with van der Waals surface area (Å²) in [7, 11) is -3.58. The van der Waals surface area contributed by atoms with Crippen LogP contribution in [0.3, 0.4) is 0 Å². The Balaban J connectivity index is 1.54. The van der Waals surface area contributed by atoms with Gasteiger partial charge in [0.2, 0.25) is 10.0 Å². The second-order valence-electron chi connectivity index (χ2n) is 6.75. The molecule has 2 aromatic rings. The van der Waals surface area contributed by atoms with E-state index in [0.29, 0.717) is 18.6 Å². The monoisotopic (exact) mass is 418 g/mol. The standard InChI is InChI=1S/C20H22N2O6S/c23-19(21-9-8-20(24)25)13-28-17-7-6-14-10-16(11-15(14)12-17)22-29(26,27)18-4-2-1-3-5-18/h1-7,12,16,22H,8-11,13H2,(H,21,23)(H,24,25). The molecule has 9 heteroatoms. The number of hydrogen-bond acceptors (Lipinski definition) is 5. The third-order valence-electron chi connectivity index (χ3n) is 4.52. The lowest BCUT2D eigenvalue weighted by Gasteiger charge is -2.12. The summed E-state index contributed by atoms with van der Waals surface area (Å²) in [6, 6.07) is 13.4. The predicted octanol–water partition coefficient (Wildman–Crippen LogP) is 1.10. The molecule has 0 saturated carbocycles. The zero-order valence-corrected chi connectivity index (χ0v) is 16.4. The van der Waals surface area contributed by atoms with Gasteiger partial charge in [-0.25, -0.2) is 13.1 Å². The highest BCUT2D eigenvalue weighted by Gasteiger charge is 2.26. The third kappa shape index (κ3) is 5.78. The van der Waals surface area contributed by atoms with Gasteiger partial charge in [0.15, 0.2) is 6.61 Å². The van der Waals surface area contributed by atoms with Crippen molar-refractivity contribution in [1.29, 1.82) is 0 Å². The molecule has 0 radical (unpaired) electrons. The Kier molecular flexibility index (Phi) is 6.50. The molecule has 0 bridgehead atoms. The number of carboxylic acid groups (broad SMARTS) is 1. The van der Waals surface area contributed by atoms with E-state index in [1.807, 2.05) is 6.07 Å². The minimum absolute atomic E-state index is 0.0466. The molecule has 1 atom stereocenters. The van der Waals surface area contributed by atoms with Gasteiger partial charge < -0.3 is 15.2 Å². The van der Waals surface area contributed by atoms with Gasteiger partial charge in [-0.3, -0.25) is 9.59 Å². The topological polar surface area (TPSA) is 122 Å². The van der Waals surface area contributed by atoms with Gasteiger partial charge in [0.25, 0.3) is 5.91 Å². The van der Waals surface area contributed by atoms with Crippen molar-refractivity contribution < 1.29 is 27.9 Å². The van der Waals surface area contributed by atoms with Crippen LogP contribution in [0.4, 0.5) is 0 Å². The van der Waals surface area contributed by atoms with E-state index in [4.69, 9.17) is 9.84 Å². The molecule has 154 valence electrons. The van der Waals surface area contributed by atoms with Crippen LogP contribution in [0.5, 0.6) is 5.75 Å². The Morgan fingerprint density at radius 3 is 2.52 bits per heavy atom. The largest absolute Gasteiger partial charge is 0.484 e. The van der Waals surface area contributed by atoms with E-state index in [9.17, 15) is 18.0 Å². The quantitative estimate of drug-likeness (QED) is 0.561. The Hall–Kier alpha value is -2.91. The molecule has 0 heterocycles. The number of carbonyl (C=O) groups excluding carboxylic acids is 1. The number of sulfonamides is 1. The maximum atomic E-state index is 12.5. The fourth-order valence-electron chi connectivity index (χ4n) is 3.16. The van der Waals surface area contributed by atoms with Crippen molar-refractivity contribution in [3.63, 3.8) is 0 Å². The summed E-state index contributed by atoms with van der Waals surface area (Å²) in [5.74, 6) is -0.883. The predicted molar refractivity (Wildman–Crippen MR) is 105 cm³/mol. The molecule has 8 nitrogen and oxygen atoms in total. The van der Waals surface area contributed by atoms with Crippen LogP contribution in [0, 0.1) is 0 Å². The zero-order chi connectivity index (χ0) is 20.9. The van der Waals surface area contributed by atoms with Crippen molar-refractivity contribution in [3.8, 4) is 5.75 Å². The van der Waals surface area contributed by atoms with Crippen molar-refractivity contribution in [1.82, 2.24) is 10.0 Å². The van der Waals surface area contributed by atoms with E-state index in [1.54, 1.807) is 42.5 Å². The first-order chi connectivity index (χ1) is 13.8. The van der Waals surface area contributed by atoms with E-state index in [2.05, 4.69) is 10.0 Å². The molecule has 1 aliphatic rings. The van der Waals surface area contributed by atoms with Gasteiger partial charge >= 0.3 is 5.97 Å². The van der Waals surface area contributed by atoms with Gasteiger partial charge in [-0.15, -0.1) is 0 Å². The first-order valence-electron chi connectivity index (χ1n) is 9.14. The van der Waals surface area contributed by atoms with Gasteiger partial charge in [-0.05, 0) is 48.2 Å². The molecular formula is C20H22N2O6S. The van der Waals surface area contributed by atoms with E-state index in [0.717, 1.165) is 11.1 Å². The molecule has 0 aromatic heterocycles. The minimum atomic E-state index is -3.58.